The van der Waals surface area contributed by atoms with E-state index in [4.69, 9.17) is 9.47 Å². The summed E-state index contributed by atoms with van der Waals surface area (Å²) in [7, 11) is 1.89. The van der Waals surface area contributed by atoms with Crippen LogP contribution in [0.2, 0.25) is 0 Å². The maximum absolute atomic E-state index is 14.1. The number of benzene rings is 1. The molecule has 8 rings (SSSR count). The van der Waals surface area contributed by atoms with Crippen molar-refractivity contribution in [3.8, 4) is 11.5 Å². The van der Waals surface area contributed by atoms with Crippen molar-refractivity contribution in [3.63, 3.8) is 0 Å². The number of nitrogens with one attached hydrogen (secondary N) is 1. The standard InChI is InChI=1S/C28H33N3O5/c1-24(2)11-12-35-21-17(36-24)9-8-16-20(21)29-22(33)28(16)14-27-15-31-19(32)7-6-10-26(31,23(34)30(27)5)13-18(27)25(28,3)4/h8-9,11-12,18H,6-7,10,13-15H2,1-5H3,(H,29,33)/t18-,26-,27-,28+/m0/s1. The van der Waals surface area contributed by atoms with E-state index in [1.165, 1.54) is 0 Å². The molecule has 1 N–H and O–H groups in total. The van der Waals surface area contributed by atoms with E-state index in [0.29, 0.717) is 49.4 Å². The Labute approximate surface area is 211 Å². The zero-order valence-electron chi connectivity index (χ0n) is 21.6. The molecule has 4 atom stereocenters. The van der Waals surface area contributed by atoms with Crippen LogP contribution in [0.5, 0.6) is 11.5 Å². The molecule has 3 amide bonds. The second kappa shape index (κ2) is 6.26. The zero-order valence-corrected chi connectivity index (χ0v) is 21.6. The Morgan fingerprint density at radius 2 is 1.89 bits per heavy atom. The summed E-state index contributed by atoms with van der Waals surface area (Å²) in [5, 5.41) is 3.17. The largest absolute Gasteiger partial charge is 0.480 e. The molecule has 1 aromatic carbocycles. The van der Waals surface area contributed by atoms with Gasteiger partial charge in [0.15, 0.2) is 11.5 Å². The van der Waals surface area contributed by atoms with Crippen LogP contribution in [0.4, 0.5) is 5.69 Å². The van der Waals surface area contributed by atoms with E-state index >= 15 is 0 Å². The van der Waals surface area contributed by atoms with Gasteiger partial charge in [0.25, 0.3) is 0 Å². The van der Waals surface area contributed by atoms with Crippen LogP contribution >= 0.6 is 0 Å². The monoisotopic (exact) mass is 491 g/mol. The number of anilines is 1. The van der Waals surface area contributed by atoms with E-state index in [-0.39, 0.29) is 23.6 Å². The molecule has 0 unspecified atom stereocenters. The lowest BCUT2D eigenvalue weighted by Crippen LogP contribution is -2.81. The lowest BCUT2D eigenvalue weighted by molar-refractivity contribution is -0.200. The average molecular weight is 492 g/mol. The number of amides is 3. The van der Waals surface area contributed by atoms with Crippen molar-refractivity contribution in [1.82, 2.24) is 9.80 Å². The Morgan fingerprint density at radius 3 is 2.67 bits per heavy atom. The molecule has 1 aromatic rings. The van der Waals surface area contributed by atoms with Gasteiger partial charge in [-0.3, -0.25) is 14.4 Å². The number of hydrogen-bond acceptors (Lipinski definition) is 5. The number of carbonyl (C=O) groups is 3. The molecule has 2 bridgehead atoms. The Balaban J connectivity index is 1.41. The number of fused-ring (bicyclic) bond motifs is 5. The maximum Gasteiger partial charge on any atom is 0.248 e. The van der Waals surface area contributed by atoms with Crippen molar-refractivity contribution in [3.05, 3.63) is 30.0 Å². The Bertz CT molecular complexity index is 1300. The Kier molecular flexibility index (Phi) is 3.86. The van der Waals surface area contributed by atoms with Gasteiger partial charge in [0, 0.05) is 20.0 Å². The van der Waals surface area contributed by atoms with E-state index in [2.05, 4.69) is 19.2 Å². The summed E-state index contributed by atoms with van der Waals surface area (Å²) in [5.41, 5.74) is -1.71. The number of nitrogens with zero attached hydrogens (tertiary/aromatic N) is 2. The second-order valence-electron chi connectivity index (χ2n) is 12.8. The number of likely N-dealkylation sites (N-methyl/N-ethyl adjacent to an activating group) is 1. The number of piperazine rings is 1. The highest BCUT2D eigenvalue weighted by Crippen LogP contribution is 2.72. The molecular formula is C28H33N3O5. The fourth-order valence-electron chi connectivity index (χ4n) is 8.76. The molecule has 4 saturated heterocycles. The summed E-state index contributed by atoms with van der Waals surface area (Å²) >= 11 is 0. The average Bonchev–Trinajstić information content (AvgIpc) is 3.13. The maximum atomic E-state index is 14.1. The first-order valence-electron chi connectivity index (χ1n) is 13.0. The molecule has 6 aliphatic heterocycles. The minimum atomic E-state index is -0.866. The molecule has 8 heteroatoms. The van der Waals surface area contributed by atoms with E-state index in [1.54, 1.807) is 6.26 Å². The smallest absolute Gasteiger partial charge is 0.248 e. The summed E-state index contributed by atoms with van der Waals surface area (Å²) < 4.78 is 12.2. The zero-order chi connectivity index (χ0) is 25.5. The van der Waals surface area contributed by atoms with Crippen LogP contribution in [-0.2, 0) is 19.8 Å². The number of hydrogen-bond donors (Lipinski definition) is 1. The quantitative estimate of drug-likeness (QED) is 0.601. The predicted octanol–water partition coefficient (Wildman–Crippen LogP) is 3.35. The van der Waals surface area contributed by atoms with Gasteiger partial charge in [-0.05, 0) is 68.6 Å². The highest BCUT2D eigenvalue weighted by molar-refractivity contribution is 6.10. The third kappa shape index (κ3) is 2.22. The van der Waals surface area contributed by atoms with Gasteiger partial charge in [-0.2, -0.15) is 0 Å². The summed E-state index contributed by atoms with van der Waals surface area (Å²) in [6.45, 7) is 8.76. The first-order valence-corrected chi connectivity index (χ1v) is 13.0. The fraction of sp³-hybridized carbons (Fsp3) is 0.607. The highest BCUT2D eigenvalue weighted by Gasteiger charge is 2.79. The van der Waals surface area contributed by atoms with Gasteiger partial charge in [0.05, 0.1) is 22.9 Å². The third-order valence-electron chi connectivity index (χ3n) is 10.6. The minimum absolute atomic E-state index is 0.0376. The molecule has 5 fully saturated rings. The molecule has 1 aliphatic carbocycles. The van der Waals surface area contributed by atoms with Crippen molar-refractivity contribution in [2.45, 2.75) is 81.9 Å². The van der Waals surface area contributed by atoms with Crippen molar-refractivity contribution in [1.29, 1.82) is 0 Å². The molecule has 6 heterocycles. The molecule has 3 spiro atoms. The summed E-state index contributed by atoms with van der Waals surface area (Å²) in [4.78, 5) is 44.8. The van der Waals surface area contributed by atoms with Crippen molar-refractivity contribution < 1.29 is 23.9 Å². The van der Waals surface area contributed by atoms with Crippen molar-refractivity contribution in [2.24, 2.45) is 11.3 Å². The Hall–Kier alpha value is -3.03. The van der Waals surface area contributed by atoms with E-state index < -0.39 is 27.5 Å². The minimum Gasteiger partial charge on any atom is -0.480 e. The lowest BCUT2D eigenvalue weighted by atomic mass is 9.56. The second-order valence-corrected chi connectivity index (χ2v) is 12.8. The number of ether oxygens (including phenoxy) is 2. The van der Waals surface area contributed by atoms with Gasteiger partial charge < -0.3 is 24.6 Å². The lowest BCUT2D eigenvalue weighted by Gasteiger charge is -2.66. The predicted molar refractivity (Wildman–Crippen MR) is 132 cm³/mol. The molecule has 7 aliphatic rings. The van der Waals surface area contributed by atoms with E-state index in [9.17, 15) is 14.4 Å². The van der Waals surface area contributed by atoms with Gasteiger partial charge in [-0.25, -0.2) is 0 Å². The summed E-state index contributed by atoms with van der Waals surface area (Å²) in [6, 6.07) is 3.90. The third-order valence-corrected chi connectivity index (χ3v) is 10.6. The summed E-state index contributed by atoms with van der Waals surface area (Å²) in [6.07, 6.45) is 6.48. The fourth-order valence-corrected chi connectivity index (χ4v) is 8.76. The normalized spacial score (nSPS) is 38.6. The number of carbonyl (C=O) groups excluding carboxylic acids is 3. The molecule has 0 aromatic heterocycles. The van der Waals surface area contributed by atoms with Crippen molar-refractivity contribution >= 4 is 23.4 Å². The molecular weight excluding hydrogens is 458 g/mol. The molecule has 8 nitrogen and oxygen atoms in total. The SMILES string of the molecule is CN1C(=O)[C@@]23CCCC(=O)N2C[C@]12C[C@@]1(C(=O)Nc4c1ccc1c4OC=CC(C)(C)O1)C(C)(C)[C@@H]2C3. The van der Waals surface area contributed by atoms with Gasteiger partial charge in [-0.15, -0.1) is 0 Å². The highest BCUT2D eigenvalue weighted by atomic mass is 16.5. The van der Waals surface area contributed by atoms with Gasteiger partial charge >= 0.3 is 0 Å². The van der Waals surface area contributed by atoms with Gasteiger partial charge in [-0.1, -0.05) is 19.9 Å². The van der Waals surface area contributed by atoms with Crippen LogP contribution in [-0.4, -0.2) is 57.8 Å². The van der Waals surface area contributed by atoms with Crippen LogP contribution < -0.4 is 14.8 Å². The first kappa shape index (κ1) is 22.2. The van der Waals surface area contributed by atoms with Crippen molar-refractivity contribution in [2.75, 3.05) is 18.9 Å². The van der Waals surface area contributed by atoms with E-state index in [1.807, 2.05) is 48.9 Å². The Morgan fingerprint density at radius 1 is 1.11 bits per heavy atom. The molecule has 0 radical (unpaired) electrons. The molecule has 36 heavy (non-hydrogen) atoms. The number of piperidine rings is 3. The topological polar surface area (TPSA) is 88.2 Å². The molecule has 1 saturated carbocycles. The summed E-state index contributed by atoms with van der Waals surface area (Å²) in [5.74, 6) is 1.21. The first-order chi connectivity index (χ1) is 16.9. The molecule has 190 valence electrons. The van der Waals surface area contributed by atoms with Crippen LogP contribution in [0.25, 0.3) is 0 Å². The van der Waals surface area contributed by atoms with Crippen LogP contribution in [0, 0.1) is 11.3 Å². The van der Waals surface area contributed by atoms with Crippen LogP contribution in [0.3, 0.4) is 0 Å². The van der Waals surface area contributed by atoms with E-state index in [0.717, 1.165) is 12.0 Å². The van der Waals surface area contributed by atoms with Crippen LogP contribution in [0.1, 0.15) is 65.4 Å². The number of rotatable bonds is 0. The van der Waals surface area contributed by atoms with Gasteiger partial charge in [0.2, 0.25) is 17.7 Å². The van der Waals surface area contributed by atoms with Crippen LogP contribution in [0.15, 0.2) is 24.5 Å². The van der Waals surface area contributed by atoms with Gasteiger partial charge in [0.1, 0.15) is 11.1 Å².